The molecule has 2 aromatic carbocycles. The van der Waals surface area contributed by atoms with Crippen LogP contribution >= 0.6 is 11.3 Å². The average molecular weight is 405 g/mol. The van der Waals surface area contributed by atoms with E-state index in [1.165, 1.54) is 23.0 Å². The van der Waals surface area contributed by atoms with Crippen LogP contribution < -0.4 is 4.90 Å². The van der Waals surface area contributed by atoms with Gasteiger partial charge in [0, 0.05) is 6.20 Å². The summed E-state index contributed by atoms with van der Waals surface area (Å²) in [5.74, 6) is -0.484. The molecule has 6 heteroatoms. The van der Waals surface area contributed by atoms with Crippen LogP contribution in [0.1, 0.15) is 22.4 Å². The molecule has 4 aromatic rings. The minimum absolute atomic E-state index is 0.0987. The number of thiazole rings is 1. The van der Waals surface area contributed by atoms with Crippen LogP contribution in [-0.2, 0) is 17.8 Å². The topological polar surface area (TPSA) is 46.1 Å². The van der Waals surface area contributed by atoms with Gasteiger partial charge in [-0.05, 0) is 54.8 Å². The molecule has 4 rings (SSSR count). The number of halogens is 1. The zero-order valence-electron chi connectivity index (χ0n) is 16.2. The quantitative estimate of drug-likeness (QED) is 0.457. The van der Waals surface area contributed by atoms with Crippen LogP contribution in [0.3, 0.4) is 0 Å². The molecule has 0 saturated carbocycles. The van der Waals surface area contributed by atoms with E-state index in [9.17, 15) is 9.18 Å². The van der Waals surface area contributed by atoms with Crippen molar-refractivity contribution in [3.05, 3.63) is 89.0 Å². The summed E-state index contributed by atoms with van der Waals surface area (Å²) in [6.45, 7) is 4.36. The van der Waals surface area contributed by atoms with Gasteiger partial charge in [0.25, 0.3) is 0 Å². The van der Waals surface area contributed by atoms with Crippen molar-refractivity contribution in [1.82, 2.24) is 9.97 Å². The normalized spacial score (nSPS) is 11.0. The fourth-order valence-corrected chi connectivity index (χ4v) is 4.11. The third-order valence-corrected chi connectivity index (χ3v) is 5.91. The lowest BCUT2D eigenvalue weighted by atomic mass is 10.0. The summed E-state index contributed by atoms with van der Waals surface area (Å²) < 4.78 is 14.9. The predicted molar refractivity (Wildman–Crippen MR) is 115 cm³/mol. The Morgan fingerprint density at radius 3 is 2.66 bits per heavy atom. The van der Waals surface area contributed by atoms with Gasteiger partial charge in [0.15, 0.2) is 5.13 Å². The van der Waals surface area contributed by atoms with Gasteiger partial charge >= 0.3 is 0 Å². The molecule has 2 heterocycles. The predicted octanol–water partition coefficient (Wildman–Crippen LogP) is 5.22. The van der Waals surface area contributed by atoms with E-state index in [2.05, 4.69) is 9.97 Å². The number of carbonyl (C=O) groups is 1. The van der Waals surface area contributed by atoms with Gasteiger partial charge < -0.3 is 0 Å². The van der Waals surface area contributed by atoms with E-state index in [1.807, 2.05) is 56.3 Å². The second kappa shape index (κ2) is 8.09. The molecule has 0 unspecified atom stereocenters. The van der Waals surface area contributed by atoms with E-state index in [0.29, 0.717) is 9.83 Å². The molecule has 0 fully saturated rings. The average Bonchev–Trinajstić information content (AvgIpc) is 3.15. The highest BCUT2D eigenvalue weighted by molar-refractivity contribution is 7.22. The highest BCUT2D eigenvalue weighted by Crippen LogP contribution is 2.31. The zero-order chi connectivity index (χ0) is 20.4. The van der Waals surface area contributed by atoms with Crippen LogP contribution in [0.5, 0.6) is 0 Å². The molecule has 0 radical (unpaired) electrons. The number of hydrogen-bond acceptors (Lipinski definition) is 4. The Hall–Kier alpha value is -3.12. The van der Waals surface area contributed by atoms with Gasteiger partial charge in [-0.2, -0.15) is 0 Å². The van der Waals surface area contributed by atoms with Gasteiger partial charge in [0.2, 0.25) is 5.91 Å². The van der Waals surface area contributed by atoms with Crippen LogP contribution in [0.2, 0.25) is 0 Å². The maximum absolute atomic E-state index is 14.1. The summed E-state index contributed by atoms with van der Waals surface area (Å²) >= 11 is 1.31. The number of anilines is 1. The van der Waals surface area contributed by atoms with E-state index >= 15 is 0 Å². The summed E-state index contributed by atoms with van der Waals surface area (Å²) in [5.41, 5.74) is 4.32. The number of fused-ring (bicyclic) bond motifs is 1. The first-order valence-electron chi connectivity index (χ1n) is 9.33. The molecule has 0 N–H and O–H groups in total. The van der Waals surface area contributed by atoms with Crippen molar-refractivity contribution < 1.29 is 9.18 Å². The summed E-state index contributed by atoms with van der Waals surface area (Å²) in [5, 5.41) is 0.476. The Morgan fingerprint density at radius 2 is 1.93 bits per heavy atom. The molecule has 0 atom stereocenters. The van der Waals surface area contributed by atoms with Gasteiger partial charge in [0.05, 0.1) is 23.4 Å². The number of pyridine rings is 1. The molecule has 1 amide bonds. The monoisotopic (exact) mass is 405 g/mol. The Balaban J connectivity index is 1.69. The van der Waals surface area contributed by atoms with E-state index < -0.39 is 0 Å². The van der Waals surface area contributed by atoms with Crippen molar-refractivity contribution in [2.24, 2.45) is 0 Å². The first-order chi connectivity index (χ1) is 14.0. The largest absolute Gasteiger partial charge is 0.282 e. The molecule has 0 aliphatic heterocycles. The van der Waals surface area contributed by atoms with E-state index in [4.69, 9.17) is 0 Å². The standard InChI is InChI=1S/C23H20FN3OS/c1-15-9-10-17(12-16(15)2)13-21(28)27(14-18-6-3-4-11-25-18)23-26-22-19(24)7-5-8-20(22)29-23/h3-12H,13-14H2,1-2H3. The van der Waals surface area contributed by atoms with Crippen LogP contribution in [0.15, 0.2) is 60.8 Å². The van der Waals surface area contributed by atoms with Gasteiger partial charge in [-0.1, -0.05) is 41.7 Å². The van der Waals surface area contributed by atoms with E-state index in [-0.39, 0.29) is 30.2 Å². The smallest absolute Gasteiger partial charge is 0.233 e. The van der Waals surface area contributed by atoms with Crippen molar-refractivity contribution in [2.45, 2.75) is 26.8 Å². The lowest BCUT2D eigenvalue weighted by molar-refractivity contribution is -0.118. The summed E-state index contributed by atoms with van der Waals surface area (Å²) in [6, 6.07) is 16.4. The third kappa shape index (κ3) is 4.17. The van der Waals surface area contributed by atoms with Crippen molar-refractivity contribution >= 4 is 32.6 Å². The van der Waals surface area contributed by atoms with Crippen LogP contribution in [0, 0.1) is 19.7 Å². The van der Waals surface area contributed by atoms with Crippen LogP contribution in [0.25, 0.3) is 10.2 Å². The molecule has 0 bridgehead atoms. The number of rotatable bonds is 5. The van der Waals surface area contributed by atoms with E-state index in [1.54, 1.807) is 17.2 Å². The third-order valence-electron chi connectivity index (χ3n) is 4.86. The molecule has 146 valence electrons. The van der Waals surface area contributed by atoms with Gasteiger partial charge in [-0.3, -0.25) is 14.7 Å². The maximum atomic E-state index is 14.1. The molecule has 0 spiro atoms. The fourth-order valence-electron chi connectivity index (χ4n) is 3.12. The van der Waals surface area contributed by atoms with Crippen molar-refractivity contribution in [2.75, 3.05) is 4.90 Å². The van der Waals surface area contributed by atoms with Gasteiger partial charge in [0.1, 0.15) is 11.3 Å². The Kier molecular flexibility index (Phi) is 5.36. The number of amides is 1. The Morgan fingerprint density at radius 1 is 1.07 bits per heavy atom. The first kappa shape index (κ1) is 19.2. The number of nitrogens with zero attached hydrogens (tertiary/aromatic N) is 3. The van der Waals surface area contributed by atoms with Crippen molar-refractivity contribution in [3.8, 4) is 0 Å². The van der Waals surface area contributed by atoms with Gasteiger partial charge in [-0.25, -0.2) is 9.37 Å². The highest BCUT2D eigenvalue weighted by Gasteiger charge is 2.22. The number of aryl methyl sites for hydroxylation is 2. The van der Waals surface area contributed by atoms with Gasteiger partial charge in [-0.15, -0.1) is 0 Å². The van der Waals surface area contributed by atoms with E-state index in [0.717, 1.165) is 16.8 Å². The number of benzene rings is 2. The molecule has 0 saturated heterocycles. The number of para-hydroxylation sites is 1. The SMILES string of the molecule is Cc1ccc(CC(=O)N(Cc2ccccn2)c2nc3c(F)cccc3s2)cc1C. The first-order valence-corrected chi connectivity index (χ1v) is 10.1. The number of aromatic nitrogens is 2. The molecular weight excluding hydrogens is 385 g/mol. The minimum Gasteiger partial charge on any atom is -0.282 e. The maximum Gasteiger partial charge on any atom is 0.233 e. The van der Waals surface area contributed by atoms with Crippen molar-refractivity contribution in [1.29, 1.82) is 0 Å². The highest BCUT2D eigenvalue weighted by atomic mass is 32.1. The second-order valence-electron chi connectivity index (χ2n) is 6.98. The Bertz CT molecular complexity index is 1170. The Labute approximate surface area is 172 Å². The zero-order valence-corrected chi connectivity index (χ0v) is 17.0. The summed E-state index contributed by atoms with van der Waals surface area (Å²) in [4.78, 5) is 23.6. The fraction of sp³-hybridized carbons (Fsp3) is 0.174. The molecule has 4 nitrogen and oxygen atoms in total. The summed E-state index contributed by atoms with van der Waals surface area (Å²) in [6.07, 6.45) is 1.94. The molecule has 2 aromatic heterocycles. The minimum atomic E-state index is -0.385. The second-order valence-corrected chi connectivity index (χ2v) is 7.99. The van der Waals surface area contributed by atoms with Crippen molar-refractivity contribution in [3.63, 3.8) is 0 Å². The molecule has 0 aliphatic carbocycles. The van der Waals surface area contributed by atoms with Crippen LogP contribution in [-0.4, -0.2) is 15.9 Å². The number of carbonyl (C=O) groups excluding carboxylic acids is 1. The lowest BCUT2D eigenvalue weighted by Crippen LogP contribution is -2.32. The molecule has 29 heavy (non-hydrogen) atoms. The molecular formula is C23H20FN3OS. The summed E-state index contributed by atoms with van der Waals surface area (Å²) in [7, 11) is 0. The number of hydrogen-bond donors (Lipinski definition) is 0. The lowest BCUT2D eigenvalue weighted by Gasteiger charge is -2.20. The van der Waals surface area contributed by atoms with Crippen LogP contribution in [0.4, 0.5) is 9.52 Å². The molecule has 0 aliphatic rings.